The minimum atomic E-state index is 0.173. The average Bonchev–Trinajstić information content (AvgIpc) is 2.66. The lowest BCUT2D eigenvalue weighted by atomic mass is 9.91. The molecule has 136 valence electrons. The molecule has 0 bridgehead atoms. The molecule has 0 aromatic heterocycles. The van der Waals surface area contributed by atoms with E-state index in [1.807, 2.05) is 30.3 Å². The summed E-state index contributed by atoms with van der Waals surface area (Å²) in [6, 6.07) is 14.2. The van der Waals surface area contributed by atoms with Crippen molar-refractivity contribution in [3.8, 4) is 17.2 Å². The van der Waals surface area contributed by atoms with Crippen LogP contribution in [-0.4, -0.2) is 27.4 Å². The molecule has 0 heterocycles. The zero-order valence-electron chi connectivity index (χ0n) is 15.5. The molecule has 4 heteroatoms. The summed E-state index contributed by atoms with van der Waals surface area (Å²) in [5.74, 6) is 2.68. The highest BCUT2D eigenvalue weighted by molar-refractivity contribution is 5.44. The van der Waals surface area contributed by atoms with Crippen molar-refractivity contribution in [3.05, 3.63) is 53.6 Å². The molecule has 0 amide bonds. The Morgan fingerprint density at radius 2 is 1.84 bits per heavy atom. The van der Waals surface area contributed by atoms with Crippen LogP contribution in [0.5, 0.6) is 17.2 Å². The fourth-order valence-electron chi connectivity index (χ4n) is 2.86. The first-order valence-corrected chi connectivity index (χ1v) is 8.85. The molecule has 4 nitrogen and oxygen atoms in total. The summed E-state index contributed by atoms with van der Waals surface area (Å²) in [4.78, 5) is 0. The maximum atomic E-state index is 6.07. The van der Waals surface area contributed by atoms with Crippen molar-refractivity contribution in [1.29, 1.82) is 0 Å². The van der Waals surface area contributed by atoms with Crippen LogP contribution < -0.4 is 19.9 Å². The normalized spacial score (nSPS) is 11.8. The highest BCUT2D eigenvalue weighted by Crippen LogP contribution is 2.32. The van der Waals surface area contributed by atoms with Gasteiger partial charge in [-0.1, -0.05) is 31.5 Å². The van der Waals surface area contributed by atoms with E-state index in [2.05, 4.69) is 19.1 Å². The zero-order valence-corrected chi connectivity index (χ0v) is 15.5. The molecule has 2 aromatic carbocycles. The molecule has 0 fully saturated rings. The number of nitrogens with two attached hydrogens (primary N) is 1. The zero-order chi connectivity index (χ0) is 18.1. The Bertz CT molecular complexity index is 657. The van der Waals surface area contributed by atoms with Gasteiger partial charge in [0.25, 0.3) is 0 Å². The van der Waals surface area contributed by atoms with Crippen LogP contribution in [0.4, 0.5) is 0 Å². The van der Waals surface area contributed by atoms with Crippen LogP contribution in [0.25, 0.3) is 0 Å². The number of ether oxygens (including phenoxy) is 3. The van der Waals surface area contributed by atoms with E-state index >= 15 is 0 Å². The number of hydrogen-bond acceptors (Lipinski definition) is 4. The topological polar surface area (TPSA) is 53.7 Å². The van der Waals surface area contributed by atoms with Gasteiger partial charge < -0.3 is 19.9 Å². The van der Waals surface area contributed by atoms with Gasteiger partial charge in [0.1, 0.15) is 17.2 Å². The molecule has 0 aliphatic carbocycles. The second kappa shape index (κ2) is 9.94. The molecule has 0 radical (unpaired) electrons. The van der Waals surface area contributed by atoms with E-state index in [9.17, 15) is 0 Å². The number of unbranched alkanes of at least 4 members (excludes halogenated alkanes) is 1. The molecule has 0 aliphatic heterocycles. The fraction of sp³-hybridized carbons (Fsp3) is 0.429. The smallest absolute Gasteiger partial charge is 0.126 e. The van der Waals surface area contributed by atoms with Gasteiger partial charge in [0.15, 0.2) is 0 Å². The average molecular weight is 343 g/mol. The van der Waals surface area contributed by atoms with Crippen molar-refractivity contribution in [3.63, 3.8) is 0 Å². The second-order valence-corrected chi connectivity index (χ2v) is 6.09. The quantitative estimate of drug-likeness (QED) is 0.658. The first-order chi connectivity index (χ1) is 12.2. The van der Waals surface area contributed by atoms with Crippen LogP contribution in [0.1, 0.15) is 36.8 Å². The molecular weight excluding hydrogens is 314 g/mol. The van der Waals surface area contributed by atoms with Crippen molar-refractivity contribution < 1.29 is 14.2 Å². The third-order valence-electron chi connectivity index (χ3n) is 4.31. The molecule has 1 atom stereocenters. The van der Waals surface area contributed by atoms with Gasteiger partial charge in [-0.05, 0) is 48.7 Å². The van der Waals surface area contributed by atoms with E-state index in [-0.39, 0.29) is 5.92 Å². The maximum absolute atomic E-state index is 6.07. The van der Waals surface area contributed by atoms with E-state index in [1.165, 1.54) is 5.56 Å². The van der Waals surface area contributed by atoms with Gasteiger partial charge in [-0.3, -0.25) is 0 Å². The van der Waals surface area contributed by atoms with Crippen LogP contribution in [0.3, 0.4) is 0 Å². The molecule has 1 unspecified atom stereocenters. The molecule has 2 rings (SSSR count). The molecule has 0 saturated heterocycles. The summed E-state index contributed by atoms with van der Waals surface area (Å²) >= 11 is 0. The summed E-state index contributed by atoms with van der Waals surface area (Å²) in [5, 5.41) is 0. The minimum Gasteiger partial charge on any atom is -0.497 e. The maximum Gasteiger partial charge on any atom is 0.126 e. The van der Waals surface area contributed by atoms with E-state index in [4.69, 9.17) is 19.9 Å². The number of methoxy groups -OCH3 is 2. The number of benzene rings is 2. The fourth-order valence-corrected chi connectivity index (χ4v) is 2.86. The number of rotatable bonds is 10. The summed E-state index contributed by atoms with van der Waals surface area (Å²) < 4.78 is 16.6. The first-order valence-electron chi connectivity index (χ1n) is 8.85. The first kappa shape index (κ1) is 19.1. The van der Waals surface area contributed by atoms with Gasteiger partial charge in [0, 0.05) is 12.0 Å². The van der Waals surface area contributed by atoms with Crippen LogP contribution in [0.2, 0.25) is 0 Å². The molecule has 2 N–H and O–H groups in total. The van der Waals surface area contributed by atoms with Crippen LogP contribution in [-0.2, 0) is 6.42 Å². The van der Waals surface area contributed by atoms with Gasteiger partial charge in [-0.25, -0.2) is 0 Å². The van der Waals surface area contributed by atoms with E-state index in [0.29, 0.717) is 6.54 Å². The third kappa shape index (κ3) is 5.40. The Hall–Kier alpha value is -2.20. The van der Waals surface area contributed by atoms with Crippen molar-refractivity contribution in [2.45, 2.75) is 32.1 Å². The second-order valence-electron chi connectivity index (χ2n) is 6.09. The summed E-state index contributed by atoms with van der Waals surface area (Å²) in [6.07, 6.45) is 3.04. The molecule has 25 heavy (non-hydrogen) atoms. The van der Waals surface area contributed by atoms with E-state index < -0.39 is 0 Å². The Kier molecular flexibility index (Phi) is 7.61. The van der Waals surface area contributed by atoms with Gasteiger partial charge in [-0.15, -0.1) is 0 Å². The van der Waals surface area contributed by atoms with Crippen molar-refractivity contribution in [2.75, 3.05) is 27.4 Å². The third-order valence-corrected chi connectivity index (χ3v) is 4.31. The molecule has 0 aliphatic rings. The lowest BCUT2D eigenvalue weighted by molar-refractivity contribution is 0.309. The van der Waals surface area contributed by atoms with E-state index in [0.717, 1.165) is 48.7 Å². The minimum absolute atomic E-state index is 0.173. The van der Waals surface area contributed by atoms with Crippen molar-refractivity contribution in [1.82, 2.24) is 0 Å². The monoisotopic (exact) mass is 343 g/mol. The van der Waals surface area contributed by atoms with E-state index in [1.54, 1.807) is 14.2 Å². The summed E-state index contributed by atoms with van der Waals surface area (Å²) in [6.45, 7) is 3.46. The highest BCUT2D eigenvalue weighted by atomic mass is 16.5. The molecule has 2 aromatic rings. The van der Waals surface area contributed by atoms with Crippen molar-refractivity contribution in [2.24, 2.45) is 5.73 Å². The van der Waals surface area contributed by atoms with Gasteiger partial charge >= 0.3 is 0 Å². The Balaban J connectivity index is 2.15. The summed E-state index contributed by atoms with van der Waals surface area (Å²) in [7, 11) is 3.33. The largest absolute Gasteiger partial charge is 0.497 e. The molecular formula is C21H29NO3. The summed E-state index contributed by atoms with van der Waals surface area (Å²) in [5.41, 5.74) is 8.38. The van der Waals surface area contributed by atoms with Crippen LogP contribution >= 0.6 is 0 Å². The Labute approximate surface area is 150 Å². The molecule has 0 saturated carbocycles. The predicted molar refractivity (Wildman–Crippen MR) is 102 cm³/mol. The number of hydrogen-bond donors (Lipinski definition) is 1. The van der Waals surface area contributed by atoms with Gasteiger partial charge in [0.2, 0.25) is 0 Å². The molecule has 0 spiro atoms. The van der Waals surface area contributed by atoms with Gasteiger partial charge in [0.05, 0.1) is 20.8 Å². The SMILES string of the molecule is CCCCOc1cccc(CC(CN)c2ccc(OC)cc2OC)c1. The van der Waals surface area contributed by atoms with Gasteiger partial charge in [-0.2, -0.15) is 0 Å². The highest BCUT2D eigenvalue weighted by Gasteiger charge is 2.16. The lowest BCUT2D eigenvalue weighted by Gasteiger charge is -2.19. The Morgan fingerprint density at radius 3 is 2.52 bits per heavy atom. The van der Waals surface area contributed by atoms with Crippen LogP contribution in [0.15, 0.2) is 42.5 Å². The standard InChI is InChI=1S/C21H29NO3/c1-4-5-11-25-19-8-6-7-16(13-19)12-17(15-22)20-10-9-18(23-2)14-21(20)24-3/h6-10,13-14,17H,4-5,11-12,15,22H2,1-3H3. The van der Waals surface area contributed by atoms with Crippen LogP contribution in [0, 0.1) is 0 Å². The Morgan fingerprint density at radius 1 is 1.00 bits per heavy atom. The predicted octanol–water partition coefficient (Wildman–Crippen LogP) is 4.17. The van der Waals surface area contributed by atoms with Crippen molar-refractivity contribution >= 4 is 0 Å². The lowest BCUT2D eigenvalue weighted by Crippen LogP contribution is -2.16.